The van der Waals surface area contributed by atoms with Crippen molar-refractivity contribution in [3.8, 4) is 79.0 Å². The molecule has 72 heavy (non-hydrogen) atoms. The minimum absolute atomic E-state index is 0.0964. The van der Waals surface area contributed by atoms with E-state index in [9.17, 15) is 28.8 Å². The number of rotatable bonds is 16. The van der Waals surface area contributed by atoms with Gasteiger partial charge in [0.1, 0.15) is 23.0 Å². The van der Waals surface area contributed by atoms with Crippen molar-refractivity contribution in [2.75, 3.05) is 0 Å². The van der Waals surface area contributed by atoms with Crippen LogP contribution >= 0.6 is 0 Å². The van der Waals surface area contributed by atoms with E-state index in [0.717, 1.165) is 38.9 Å². The van der Waals surface area contributed by atoms with Crippen molar-refractivity contribution in [3.63, 3.8) is 0 Å². The van der Waals surface area contributed by atoms with Crippen molar-refractivity contribution in [3.05, 3.63) is 206 Å². The van der Waals surface area contributed by atoms with Gasteiger partial charge in [-0.05, 0) is 135 Å². The first kappa shape index (κ1) is 53.5. The molecule has 0 radical (unpaired) electrons. The van der Waals surface area contributed by atoms with Crippen LogP contribution in [-0.2, 0) is 28.8 Å². The molecule has 0 saturated carbocycles. The number of esters is 6. The molecule has 0 unspecified atom stereocenters. The standard InChI is InChI=1S/2C30H26O6/c1-18(2)28(31)34-25-14-11-22(12-15-25)21-7-9-23(10-8-21)24-13-16-26(35-29(32)19(3)4)27(17-24)36-30(33)20(5)6;1-18(2)28(31)34-25-13-11-22(12-14-25)21-7-9-23(10-8-21)24-15-26(35-29(32)19(3)4)17-27(16-24)36-30(33)20(5)6/h2*7-17H,1,3,5H2,2,4,6H3. The summed E-state index contributed by atoms with van der Waals surface area (Å²) in [4.78, 5) is 71.6. The highest BCUT2D eigenvalue weighted by Gasteiger charge is 2.18. The Morgan fingerprint density at radius 3 is 0.806 bits per heavy atom. The lowest BCUT2D eigenvalue weighted by Gasteiger charge is -2.13. The third-order valence-electron chi connectivity index (χ3n) is 9.97. The summed E-state index contributed by atoms with van der Waals surface area (Å²) < 4.78 is 31.9. The number of benzene rings is 6. The van der Waals surface area contributed by atoms with E-state index in [0.29, 0.717) is 28.2 Å². The van der Waals surface area contributed by atoms with E-state index in [4.69, 9.17) is 28.4 Å². The Morgan fingerprint density at radius 2 is 0.486 bits per heavy atom. The fraction of sp³-hybridized carbons (Fsp3) is 0.100. The molecule has 364 valence electrons. The zero-order valence-electron chi connectivity index (χ0n) is 40.8. The highest BCUT2D eigenvalue weighted by Crippen LogP contribution is 2.36. The lowest BCUT2D eigenvalue weighted by molar-refractivity contribution is -0.132. The van der Waals surface area contributed by atoms with Crippen molar-refractivity contribution < 1.29 is 57.2 Å². The fourth-order valence-corrected chi connectivity index (χ4v) is 6.00. The maximum absolute atomic E-state index is 12.1. The van der Waals surface area contributed by atoms with Gasteiger partial charge >= 0.3 is 35.8 Å². The van der Waals surface area contributed by atoms with Crippen LogP contribution in [0, 0.1) is 0 Å². The van der Waals surface area contributed by atoms with Gasteiger partial charge in [-0.15, -0.1) is 0 Å². The molecular formula is C60H52O12. The fourth-order valence-electron chi connectivity index (χ4n) is 6.00. The van der Waals surface area contributed by atoms with Gasteiger partial charge in [-0.2, -0.15) is 0 Å². The normalized spacial score (nSPS) is 10.2. The molecule has 12 heteroatoms. The first-order valence-electron chi connectivity index (χ1n) is 22.1. The second kappa shape index (κ2) is 24.2. The second-order valence-corrected chi connectivity index (χ2v) is 16.6. The lowest BCUT2D eigenvalue weighted by Crippen LogP contribution is -2.12. The van der Waals surface area contributed by atoms with E-state index in [-0.39, 0.29) is 45.3 Å². The molecule has 0 aliphatic rings. The van der Waals surface area contributed by atoms with Gasteiger partial charge < -0.3 is 28.4 Å². The number of ether oxygens (including phenoxy) is 6. The van der Waals surface area contributed by atoms with E-state index in [2.05, 4.69) is 39.5 Å². The van der Waals surface area contributed by atoms with Crippen LogP contribution in [0.1, 0.15) is 41.5 Å². The molecule has 0 N–H and O–H groups in total. The SMILES string of the molecule is C=C(C)C(=O)Oc1ccc(-c2ccc(-c3cc(OC(=O)C(=C)C)cc(OC(=O)C(=C)C)c3)cc2)cc1.C=C(C)C(=O)Oc1ccc(-c2ccc(-c3ccc(OC(=O)C(=C)C)c(OC(=O)C(=C)C)c3)cc2)cc1. The Balaban J connectivity index is 0.000000267. The molecule has 0 heterocycles. The van der Waals surface area contributed by atoms with Crippen LogP contribution < -0.4 is 28.4 Å². The number of hydrogen-bond acceptors (Lipinski definition) is 12. The second-order valence-electron chi connectivity index (χ2n) is 16.6. The monoisotopic (exact) mass is 964 g/mol. The van der Waals surface area contributed by atoms with Gasteiger partial charge in [-0.25, -0.2) is 28.8 Å². The van der Waals surface area contributed by atoms with Gasteiger partial charge in [-0.1, -0.05) is 118 Å². The van der Waals surface area contributed by atoms with Crippen molar-refractivity contribution in [2.45, 2.75) is 41.5 Å². The molecule has 0 aromatic heterocycles. The molecule has 0 aliphatic carbocycles. The Labute approximate surface area is 418 Å². The molecule has 6 aromatic rings. The first-order valence-corrected chi connectivity index (χ1v) is 22.1. The third kappa shape index (κ3) is 15.0. The van der Waals surface area contributed by atoms with Crippen molar-refractivity contribution in [2.24, 2.45) is 0 Å². The Morgan fingerprint density at radius 1 is 0.250 bits per heavy atom. The summed E-state index contributed by atoms with van der Waals surface area (Å²) in [5, 5.41) is 0. The summed E-state index contributed by atoms with van der Waals surface area (Å²) in [6, 6.07) is 39.4. The molecule has 0 fully saturated rings. The lowest BCUT2D eigenvalue weighted by atomic mass is 10.00. The van der Waals surface area contributed by atoms with Crippen molar-refractivity contribution in [1.82, 2.24) is 0 Å². The summed E-state index contributed by atoms with van der Waals surface area (Å²) in [5.74, 6) is -1.87. The van der Waals surface area contributed by atoms with Gasteiger partial charge in [0.15, 0.2) is 11.5 Å². The minimum Gasteiger partial charge on any atom is -0.423 e. The van der Waals surface area contributed by atoms with E-state index in [1.165, 1.54) is 19.9 Å². The quantitative estimate of drug-likeness (QED) is 0.0514. The van der Waals surface area contributed by atoms with Crippen molar-refractivity contribution >= 4 is 35.8 Å². The number of hydrogen-bond donors (Lipinski definition) is 0. The van der Waals surface area contributed by atoms with Crippen molar-refractivity contribution in [1.29, 1.82) is 0 Å². The van der Waals surface area contributed by atoms with Gasteiger partial charge in [0.05, 0.1) is 0 Å². The summed E-state index contributed by atoms with van der Waals surface area (Å²) in [6.45, 7) is 30.8. The molecule has 0 amide bonds. The number of carbonyl (C=O) groups is 6. The summed E-state index contributed by atoms with van der Waals surface area (Å²) >= 11 is 0. The van der Waals surface area contributed by atoms with Crippen LogP contribution in [-0.4, -0.2) is 35.8 Å². The van der Waals surface area contributed by atoms with Crippen LogP contribution in [0.15, 0.2) is 206 Å². The molecule has 0 aliphatic heterocycles. The van der Waals surface area contributed by atoms with Gasteiger partial charge in [-0.3, -0.25) is 0 Å². The summed E-state index contributed by atoms with van der Waals surface area (Å²) in [6.07, 6.45) is 0. The zero-order chi connectivity index (χ0) is 52.8. The molecule has 6 aromatic carbocycles. The zero-order valence-corrected chi connectivity index (χ0v) is 40.8. The minimum atomic E-state index is -0.632. The highest BCUT2D eigenvalue weighted by molar-refractivity contribution is 5.93. The highest BCUT2D eigenvalue weighted by atomic mass is 16.6. The van der Waals surface area contributed by atoms with E-state index in [1.807, 2.05) is 72.8 Å². The Hall–Kier alpha value is -9.42. The van der Waals surface area contributed by atoms with E-state index >= 15 is 0 Å². The Bertz CT molecular complexity index is 3110. The topological polar surface area (TPSA) is 158 Å². The first-order chi connectivity index (χ1) is 34.1. The molecule has 6 rings (SSSR count). The molecule has 0 saturated heterocycles. The summed E-state index contributed by atoms with van der Waals surface area (Å²) in [7, 11) is 0. The molecule has 12 nitrogen and oxygen atoms in total. The summed E-state index contributed by atoms with van der Waals surface area (Å²) in [5.41, 5.74) is 8.43. The maximum atomic E-state index is 12.1. The molecule has 0 bridgehead atoms. The molecule has 0 spiro atoms. The molecular weight excluding hydrogens is 913 g/mol. The number of carbonyl (C=O) groups excluding carboxylic acids is 6. The third-order valence-corrected chi connectivity index (χ3v) is 9.97. The van der Waals surface area contributed by atoms with Crippen LogP contribution in [0.2, 0.25) is 0 Å². The van der Waals surface area contributed by atoms with Gasteiger partial charge in [0, 0.05) is 39.5 Å². The predicted octanol–water partition coefficient (Wildman–Crippen LogP) is 12.9. The van der Waals surface area contributed by atoms with Crippen LogP contribution in [0.5, 0.6) is 34.5 Å². The van der Waals surface area contributed by atoms with Crippen LogP contribution in [0.3, 0.4) is 0 Å². The van der Waals surface area contributed by atoms with Gasteiger partial charge in [0.25, 0.3) is 0 Å². The van der Waals surface area contributed by atoms with Crippen LogP contribution in [0.4, 0.5) is 0 Å². The average molecular weight is 965 g/mol. The van der Waals surface area contributed by atoms with Crippen LogP contribution in [0.25, 0.3) is 44.5 Å². The van der Waals surface area contributed by atoms with Gasteiger partial charge in [0.2, 0.25) is 0 Å². The predicted molar refractivity (Wildman–Crippen MR) is 277 cm³/mol. The smallest absolute Gasteiger partial charge is 0.338 e. The van der Waals surface area contributed by atoms with E-state index in [1.54, 1.807) is 82.3 Å². The van der Waals surface area contributed by atoms with E-state index < -0.39 is 35.8 Å². The average Bonchev–Trinajstić information content (AvgIpc) is 3.35. The Kier molecular flexibility index (Phi) is 18.0. The maximum Gasteiger partial charge on any atom is 0.338 e. The largest absolute Gasteiger partial charge is 0.423 e. The molecule has 0 atom stereocenters.